The fourth-order valence-electron chi connectivity index (χ4n) is 3.09. The number of hydrogen-bond donors (Lipinski definition) is 1. The van der Waals surface area contributed by atoms with Crippen molar-refractivity contribution in [2.24, 2.45) is 5.92 Å². The Hall–Kier alpha value is -1.71. The molecule has 132 valence electrons. The largest absolute Gasteiger partial charge is 0.495 e. The van der Waals surface area contributed by atoms with Crippen molar-refractivity contribution in [3.05, 3.63) is 28.3 Å². The predicted molar refractivity (Wildman–Crippen MR) is 87.5 cm³/mol. The zero-order chi connectivity index (χ0) is 17.3. The van der Waals surface area contributed by atoms with Crippen LogP contribution in [0.4, 0.5) is 5.69 Å². The van der Waals surface area contributed by atoms with E-state index in [1.165, 1.54) is 32.1 Å². The molecule has 2 fully saturated rings. The van der Waals surface area contributed by atoms with Gasteiger partial charge in [-0.25, -0.2) is 13.1 Å². The van der Waals surface area contributed by atoms with Crippen molar-refractivity contribution in [2.75, 3.05) is 26.7 Å². The highest BCUT2D eigenvalue weighted by molar-refractivity contribution is 7.89. The van der Waals surface area contributed by atoms with E-state index in [9.17, 15) is 18.5 Å². The molecule has 1 N–H and O–H groups in total. The second-order valence-corrected chi connectivity index (χ2v) is 8.06. The summed E-state index contributed by atoms with van der Waals surface area (Å²) in [4.78, 5) is 12.5. The zero-order valence-corrected chi connectivity index (χ0v) is 14.3. The summed E-state index contributed by atoms with van der Waals surface area (Å²) >= 11 is 0. The molecule has 0 bridgehead atoms. The molecule has 1 aliphatic heterocycles. The van der Waals surface area contributed by atoms with Gasteiger partial charge in [0.1, 0.15) is 10.6 Å². The lowest BCUT2D eigenvalue weighted by atomic mass is 10.1. The summed E-state index contributed by atoms with van der Waals surface area (Å²) in [6, 6.07) is 4.25. The van der Waals surface area contributed by atoms with Crippen molar-refractivity contribution in [3.63, 3.8) is 0 Å². The van der Waals surface area contributed by atoms with E-state index >= 15 is 0 Å². The number of ether oxygens (including phenoxy) is 1. The van der Waals surface area contributed by atoms with Crippen LogP contribution < -0.4 is 9.46 Å². The van der Waals surface area contributed by atoms with Crippen molar-refractivity contribution in [1.82, 2.24) is 9.62 Å². The van der Waals surface area contributed by atoms with Crippen LogP contribution in [-0.4, -0.2) is 51.0 Å². The average molecular weight is 355 g/mol. The number of nitro benzene ring substituents is 1. The Morgan fingerprint density at radius 1 is 1.38 bits per heavy atom. The molecule has 0 amide bonds. The molecular weight excluding hydrogens is 334 g/mol. The van der Waals surface area contributed by atoms with Crippen LogP contribution in [0.25, 0.3) is 0 Å². The molecule has 1 atom stereocenters. The number of nitro groups is 1. The molecule has 1 aromatic carbocycles. The highest BCUT2D eigenvalue weighted by Crippen LogP contribution is 2.32. The summed E-state index contributed by atoms with van der Waals surface area (Å²) in [7, 11) is -2.53. The summed E-state index contributed by atoms with van der Waals surface area (Å²) in [5.74, 6) is 0.365. The van der Waals surface area contributed by atoms with Crippen LogP contribution >= 0.6 is 0 Å². The van der Waals surface area contributed by atoms with E-state index in [1.807, 2.05) is 0 Å². The van der Waals surface area contributed by atoms with E-state index in [4.69, 9.17) is 4.74 Å². The lowest BCUT2D eigenvalue weighted by Crippen LogP contribution is -2.31. The standard InChI is InChI=1S/C15H21N3O5S/c1-23-14-5-4-13(18(19)20)8-15(14)24(21,22)16-9-11-6-7-17(10-11)12-2-3-12/h4-5,8,11-12,16H,2-3,6-7,9-10H2,1H3. The number of rotatable bonds is 7. The highest BCUT2D eigenvalue weighted by atomic mass is 32.2. The number of methoxy groups -OCH3 is 1. The molecule has 1 saturated carbocycles. The van der Waals surface area contributed by atoms with Gasteiger partial charge in [-0.15, -0.1) is 0 Å². The van der Waals surface area contributed by atoms with Crippen LogP contribution in [0.5, 0.6) is 5.75 Å². The minimum absolute atomic E-state index is 0.0964. The van der Waals surface area contributed by atoms with Gasteiger partial charge in [-0.05, 0) is 37.8 Å². The average Bonchev–Trinajstić information content (AvgIpc) is 3.31. The summed E-state index contributed by atoms with van der Waals surface area (Å²) in [5, 5.41) is 10.9. The van der Waals surface area contributed by atoms with Crippen LogP contribution in [-0.2, 0) is 10.0 Å². The molecule has 1 aromatic rings. The smallest absolute Gasteiger partial charge is 0.271 e. The van der Waals surface area contributed by atoms with E-state index < -0.39 is 14.9 Å². The van der Waals surface area contributed by atoms with Crippen molar-refractivity contribution in [1.29, 1.82) is 0 Å². The van der Waals surface area contributed by atoms with Gasteiger partial charge >= 0.3 is 0 Å². The molecule has 8 nitrogen and oxygen atoms in total. The third-order valence-electron chi connectivity index (χ3n) is 4.59. The summed E-state index contributed by atoms with van der Waals surface area (Å²) in [6.45, 7) is 2.24. The number of sulfonamides is 1. The maximum atomic E-state index is 12.5. The van der Waals surface area contributed by atoms with Crippen molar-refractivity contribution >= 4 is 15.7 Å². The Morgan fingerprint density at radius 2 is 2.12 bits per heavy atom. The third kappa shape index (κ3) is 3.68. The first-order valence-electron chi connectivity index (χ1n) is 7.97. The highest BCUT2D eigenvalue weighted by Gasteiger charge is 2.35. The molecule has 9 heteroatoms. The van der Waals surface area contributed by atoms with Crippen molar-refractivity contribution in [3.8, 4) is 5.75 Å². The number of non-ortho nitro benzene ring substituents is 1. The molecule has 1 heterocycles. The van der Waals surface area contributed by atoms with Gasteiger partial charge < -0.3 is 9.64 Å². The van der Waals surface area contributed by atoms with Gasteiger partial charge in [0.2, 0.25) is 10.0 Å². The second kappa shape index (κ2) is 6.66. The molecule has 2 aliphatic rings. The van der Waals surface area contributed by atoms with Gasteiger partial charge in [0.15, 0.2) is 0 Å². The second-order valence-electron chi connectivity index (χ2n) is 6.32. The van der Waals surface area contributed by atoms with Crippen LogP contribution in [0.3, 0.4) is 0 Å². The van der Waals surface area contributed by atoms with Gasteiger partial charge in [0.05, 0.1) is 12.0 Å². The molecule has 24 heavy (non-hydrogen) atoms. The van der Waals surface area contributed by atoms with Gasteiger partial charge in [-0.2, -0.15) is 0 Å². The molecule has 0 aromatic heterocycles. The topological polar surface area (TPSA) is 102 Å². The molecule has 3 rings (SSSR count). The van der Waals surface area contributed by atoms with Crippen LogP contribution in [0.2, 0.25) is 0 Å². The van der Waals surface area contributed by atoms with E-state index in [0.717, 1.165) is 25.6 Å². The van der Waals surface area contributed by atoms with E-state index in [-0.39, 0.29) is 22.3 Å². The predicted octanol–water partition coefficient (Wildman–Crippen LogP) is 1.37. The number of nitrogens with zero attached hydrogens (tertiary/aromatic N) is 2. The SMILES string of the molecule is COc1ccc([N+](=O)[O-])cc1S(=O)(=O)NCC1CCN(C2CC2)C1. The Labute approximate surface area is 141 Å². The van der Waals surface area contributed by atoms with E-state index in [0.29, 0.717) is 12.6 Å². The first-order chi connectivity index (χ1) is 11.4. The fraction of sp³-hybridized carbons (Fsp3) is 0.600. The lowest BCUT2D eigenvalue weighted by Gasteiger charge is -2.16. The monoisotopic (exact) mass is 355 g/mol. The molecule has 0 spiro atoms. The van der Waals surface area contributed by atoms with Crippen molar-refractivity contribution in [2.45, 2.75) is 30.2 Å². The van der Waals surface area contributed by atoms with Crippen LogP contribution in [0.15, 0.2) is 23.1 Å². The Balaban J connectivity index is 1.70. The Bertz CT molecular complexity index is 733. The molecule has 1 aliphatic carbocycles. The summed E-state index contributed by atoms with van der Waals surface area (Å²) in [6.07, 6.45) is 3.44. The molecule has 0 radical (unpaired) electrons. The summed E-state index contributed by atoms with van der Waals surface area (Å²) in [5.41, 5.74) is -0.281. The molecule has 1 saturated heterocycles. The fourth-order valence-corrected chi connectivity index (χ4v) is 4.40. The number of likely N-dealkylation sites (tertiary alicyclic amines) is 1. The van der Waals surface area contributed by atoms with E-state index in [1.54, 1.807) is 0 Å². The third-order valence-corrected chi connectivity index (χ3v) is 6.03. The maximum absolute atomic E-state index is 12.5. The maximum Gasteiger partial charge on any atom is 0.271 e. The van der Waals surface area contributed by atoms with E-state index in [2.05, 4.69) is 9.62 Å². The Kier molecular flexibility index (Phi) is 4.75. The first-order valence-corrected chi connectivity index (χ1v) is 9.45. The quantitative estimate of drug-likeness (QED) is 0.585. The zero-order valence-electron chi connectivity index (χ0n) is 13.5. The van der Waals surface area contributed by atoms with Crippen LogP contribution in [0.1, 0.15) is 19.3 Å². The Morgan fingerprint density at radius 3 is 2.75 bits per heavy atom. The van der Waals surface area contributed by atoms with Gasteiger partial charge in [0, 0.05) is 31.3 Å². The number of hydrogen-bond acceptors (Lipinski definition) is 6. The minimum Gasteiger partial charge on any atom is -0.495 e. The first kappa shape index (κ1) is 17.1. The van der Waals surface area contributed by atoms with Crippen molar-refractivity contribution < 1.29 is 18.1 Å². The number of nitrogens with one attached hydrogen (secondary N) is 1. The summed E-state index contributed by atoms with van der Waals surface area (Å²) < 4.78 is 32.7. The molecule has 1 unspecified atom stereocenters. The lowest BCUT2D eigenvalue weighted by molar-refractivity contribution is -0.385. The number of benzene rings is 1. The van der Waals surface area contributed by atoms with Gasteiger partial charge in [-0.3, -0.25) is 10.1 Å². The molecular formula is C15H21N3O5S. The van der Waals surface area contributed by atoms with Crippen LogP contribution in [0, 0.1) is 16.0 Å². The normalized spacial score (nSPS) is 21.8. The minimum atomic E-state index is -3.87. The van der Waals surface area contributed by atoms with Gasteiger partial charge in [-0.1, -0.05) is 0 Å². The van der Waals surface area contributed by atoms with Gasteiger partial charge in [0.25, 0.3) is 5.69 Å².